The number of nitrogens with one attached hydrogen (secondary N) is 3. The Morgan fingerprint density at radius 3 is 2.30 bits per heavy atom. The SMILES string of the molecule is CC(Nc1ncnc2c1ncn2-c1cccc(-c2nc3cc(F)ccc3nc2C(C)Nc2ncnc3nc[nH]c23)n1)c1cc2cccc(F)c2nc1-c1cc(F)cc(F)c1. The molecule has 60 heavy (non-hydrogen) atoms. The second-order valence-corrected chi connectivity index (χ2v) is 13.9. The van der Waals surface area contributed by atoms with Gasteiger partial charge in [-0.2, -0.15) is 0 Å². The van der Waals surface area contributed by atoms with Crippen LogP contribution in [0.1, 0.15) is 37.2 Å². The first-order chi connectivity index (χ1) is 29.2. The molecule has 0 fully saturated rings. The number of imidazole rings is 2. The normalized spacial score (nSPS) is 12.7. The van der Waals surface area contributed by atoms with Crippen molar-refractivity contribution in [2.24, 2.45) is 0 Å². The van der Waals surface area contributed by atoms with Crippen LogP contribution >= 0.6 is 0 Å². The highest BCUT2D eigenvalue weighted by atomic mass is 19.1. The molecule has 0 bridgehead atoms. The number of hydrogen-bond acceptors (Lipinski definition) is 12. The van der Waals surface area contributed by atoms with E-state index in [2.05, 4.69) is 50.5 Å². The molecule has 2 atom stereocenters. The van der Waals surface area contributed by atoms with Crippen LogP contribution in [0.5, 0.6) is 0 Å². The molecule has 0 saturated heterocycles. The molecular weight excluding hydrogens is 777 g/mol. The Bertz CT molecular complexity index is 3280. The molecule has 18 heteroatoms. The molecule has 7 aromatic heterocycles. The molecule has 0 spiro atoms. The summed E-state index contributed by atoms with van der Waals surface area (Å²) >= 11 is 0. The average molecular weight is 805 g/mol. The molecule has 0 aliphatic rings. The Morgan fingerprint density at radius 2 is 1.43 bits per heavy atom. The van der Waals surface area contributed by atoms with Gasteiger partial charge in [-0.05, 0) is 62.4 Å². The molecule has 3 N–H and O–H groups in total. The lowest BCUT2D eigenvalue weighted by molar-refractivity contribution is 0.584. The molecule has 3 aromatic carbocycles. The van der Waals surface area contributed by atoms with Crippen molar-refractivity contribution in [3.63, 3.8) is 0 Å². The van der Waals surface area contributed by atoms with E-state index in [-0.39, 0.29) is 16.8 Å². The van der Waals surface area contributed by atoms with Crippen LogP contribution in [0.15, 0.2) is 104 Å². The van der Waals surface area contributed by atoms with E-state index in [4.69, 9.17) is 15.0 Å². The highest BCUT2D eigenvalue weighted by molar-refractivity contribution is 5.87. The van der Waals surface area contributed by atoms with Crippen LogP contribution in [-0.4, -0.2) is 59.4 Å². The monoisotopic (exact) mass is 804 g/mol. The molecule has 10 aromatic rings. The summed E-state index contributed by atoms with van der Waals surface area (Å²) in [6.45, 7) is 3.72. The van der Waals surface area contributed by atoms with Gasteiger partial charge in [-0.1, -0.05) is 18.2 Å². The smallest absolute Gasteiger partial charge is 0.182 e. The van der Waals surface area contributed by atoms with Crippen LogP contribution in [0.4, 0.5) is 29.2 Å². The Kier molecular flexibility index (Phi) is 8.73. The van der Waals surface area contributed by atoms with Gasteiger partial charge >= 0.3 is 0 Å². The van der Waals surface area contributed by atoms with E-state index in [0.29, 0.717) is 78.8 Å². The summed E-state index contributed by atoms with van der Waals surface area (Å²) in [6.07, 6.45) is 5.87. The zero-order valence-corrected chi connectivity index (χ0v) is 31.4. The highest BCUT2D eigenvalue weighted by Crippen LogP contribution is 2.35. The third-order valence-corrected chi connectivity index (χ3v) is 9.98. The molecular formula is C42H28F4N14. The summed E-state index contributed by atoms with van der Waals surface area (Å²) in [5.74, 6) is -1.33. The number of H-pyrrole nitrogens is 1. The number of fused-ring (bicyclic) bond motifs is 4. The van der Waals surface area contributed by atoms with Crippen molar-refractivity contribution in [3.05, 3.63) is 139 Å². The zero-order valence-electron chi connectivity index (χ0n) is 31.4. The van der Waals surface area contributed by atoms with E-state index >= 15 is 0 Å². The lowest BCUT2D eigenvalue weighted by atomic mass is 9.98. The summed E-state index contributed by atoms with van der Waals surface area (Å²) in [7, 11) is 0. The first kappa shape index (κ1) is 36.3. The molecule has 294 valence electrons. The van der Waals surface area contributed by atoms with Crippen molar-refractivity contribution in [1.82, 2.24) is 59.4 Å². The Hall–Kier alpha value is -8.02. The summed E-state index contributed by atoms with van der Waals surface area (Å²) in [5, 5.41) is 7.24. The summed E-state index contributed by atoms with van der Waals surface area (Å²) in [4.78, 5) is 48.8. The Balaban J connectivity index is 1.02. The molecule has 14 nitrogen and oxygen atoms in total. The number of aromatic amines is 1. The molecule has 0 aliphatic carbocycles. The van der Waals surface area contributed by atoms with Gasteiger partial charge in [0.2, 0.25) is 0 Å². The van der Waals surface area contributed by atoms with Gasteiger partial charge in [0.1, 0.15) is 64.8 Å². The van der Waals surface area contributed by atoms with Crippen LogP contribution in [0.3, 0.4) is 0 Å². The van der Waals surface area contributed by atoms with Gasteiger partial charge in [0.05, 0.1) is 46.5 Å². The lowest BCUT2D eigenvalue weighted by Gasteiger charge is -2.19. The van der Waals surface area contributed by atoms with Crippen LogP contribution < -0.4 is 10.6 Å². The van der Waals surface area contributed by atoms with Gasteiger partial charge in [0.25, 0.3) is 0 Å². The van der Waals surface area contributed by atoms with E-state index < -0.39 is 35.4 Å². The Labute approximate surface area is 335 Å². The number of pyridine rings is 2. The molecule has 0 aliphatic heterocycles. The number of halogens is 4. The Morgan fingerprint density at radius 1 is 0.633 bits per heavy atom. The summed E-state index contributed by atoms with van der Waals surface area (Å²) in [6, 6.07) is 17.9. The van der Waals surface area contributed by atoms with Crippen molar-refractivity contribution in [3.8, 4) is 28.5 Å². The van der Waals surface area contributed by atoms with Gasteiger partial charge in [0, 0.05) is 28.6 Å². The highest BCUT2D eigenvalue weighted by Gasteiger charge is 2.23. The molecule has 0 amide bonds. The van der Waals surface area contributed by atoms with E-state index in [0.717, 1.165) is 18.2 Å². The fourth-order valence-corrected chi connectivity index (χ4v) is 7.19. The molecule has 7 heterocycles. The van der Waals surface area contributed by atoms with Crippen molar-refractivity contribution in [2.75, 3.05) is 10.6 Å². The first-order valence-corrected chi connectivity index (χ1v) is 18.5. The predicted octanol–water partition coefficient (Wildman–Crippen LogP) is 8.60. The third kappa shape index (κ3) is 6.48. The predicted molar refractivity (Wildman–Crippen MR) is 216 cm³/mol. The topological polar surface area (TPSA) is 174 Å². The number of anilines is 2. The largest absolute Gasteiger partial charge is 0.362 e. The minimum Gasteiger partial charge on any atom is -0.362 e. The number of rotatable bonds is 9. The van der Waals surface area contributed by atoms with E-state index in [1.807, 2.05) is 13.8 Å². The van der Waals surface area contributed by atoms with E-state index in [1.165, 1.54) is 37.2 Å². The maximum atomic E-state index is 14.9. The fraction of sp³-hybridized carbons (Fsp3) is 0.0952. The first-order valence-electron chi connectivity index (χ1n) is 18.5. The molecule has 0 saturated carbocycles. The van der Waals surface area contributed by atoms with Crippen LogP contribution in [0, 0.1) is 23.3 Å². The average Bonchev–Trinajstić information content (AvgIpc) is 3.92. The second kappa shape index (κ2) is 14.4. The number of hydrogen-bond donors (Lipinski definition) is 3. The van der Waals surface area contributed by atoms with Crippen molar-refractivity contribution < 1.29 is 17.6 Å². The summed E-state index contributed by atoms with van der Waals surface area (Å²) < 4.78 is 60.0. The molecule has 2 unspecified atom stereocenters. The number of benzene rings is 3. The van der Waals surface area contributed by atoms with Crippen molar-refractivity contribution >= 4 is 55.9 Å². The quantitative estimate of drug-likeness (QED) is 0.119. The maximum absolute atomic E-state index is 14.9. The fourth-order valence-electron chi connectivity index (χ4n) is 7.19. The standard InChI is InChI=1S/C42H28F4N14/c1-20(27-13-22-5-3-6-28(46)35(22)59-34(27)23-11-25(44)14-26(45)12-23)54-41-38-42(52-18-51-41)60(19-53-38)32-8-4-7-30(56-32)36-33(57-29-10-9-24(43)15-31(29)58-36)21(2)55-40-37-39(48-16-47-37)49-17-50-40/h3-21H,1-2H3,(H,51,52,54)(H2,47,48,49,50,55). The van der Waals surface area contributed by atoms with Crippen LogP contribution in [0.2, 0.25) is 0 Å². The third-order valence-electron chi connectivity index (χ3n) is 9.98. The second-order valence-electron chi connectivity index (χ2n) is 13.9. The zero-order chi connectivity index (χ0) is 41.1. The van der Waals surface area contributed by atoms with Gasteiger partial charge in [-0.3, -0.25) is 4.57 Å². The van der Waals surface area contributed by atoms with Gasteiger partial charge in [-0.25, -0.2) is 67.4 Å². The number of aromatic nitrogens is 12. The molecule has 0 radical (unpaired) electrons. The van der Waals surface area contributed by atoms with Gasteiger partial charge in [0.15, 0.2) is 28.4 Å². The van der Waals surface area contributed by atoms with E-state index in [1.54, 1.807) is 53.4 Å². The number of para-hydroxylation sites is 1. The number of nitrogens with zero attached hydrogens (tertiary/aromatic N) is 11. The van der Waals surface area contributed by atoms with Crippen LogP contribution in [-0.2, 0) is 0 Å². The summed E-state index contributed by atoms with van der Waals surface area (Å²) in [5.41, 5.74) is 5.03. The van der Waals surface area contributed by atoms with Gasteiger partial charge in [-0.15, -0.1) is 0 Å². The van der Waals surface area contributed by atoms with Crippen molar-refractivity contribution in [2.45, 2.75) is 25.9 Å². The molecule has 10 rings (SSSR count). The minimum absolute atomic E-state index is 0.0621. The minimum atomic E-state index is -0.796. The van der Waals surface area contributed by atoms with E-state index in [9.17, 15) is 17.6 Å². The maximum Gasteiger partial charge on any atom is 0.182 e. The van der Waals surface area contributed by atoms with Crippen molar-refractivity contribution in [1.29, 1.82) is 0 Å². The van der Waals surface area contributed by atoms with Crippen LogP contribution in [0.25, 0.3) is 72.7 Å². The lowest BCUT2D eigenvalue weighted by Crippen LogP contribution is -2.13. The van der Waals surface area contributed by atoms with Gasteiger partial charge < -0.3 is 15.6 Å².